The predicted molar refractivity (Wildman–Crippen MR) is 81.9 cm³/mol. The Balaban J connectivity index is 1.82. The Hall–Kier alpha value is -1.88. The second kappa shape index (κ2) is 5.85. The summed E-state index contributed by atoms with van der Waals surface area (Å²) >= 11 is 6.22. The quantitative estimate of drug-likeness (QED) is 0.947. The lowest BCUT2D eigenvalue weighted by Crippen LogP contribution is -2.32. The normalized spacial score (nSPS) is 18.2. The summed E-state index contributed by atoms with van der Waals surface area (Å²) in [6.07, 6.45) is 4.40. The van der Waals surface area contributed by atoms with Gasteiger partial charge >= 0.3 is 0 Å². The van der Waals surface area contributed by atoms with Crippen LogP contribution in [0.1, 0.15) is 18.4 Å². The Morgan fingerprint density at radius 2 is 2.05 bits per heavy atom. The second-order valence-corrected chi connectivity index (χ2v) is 5.59. The van der Waals surface area contributed by atoms with Crippen LogP contribution in [0.3, 0.4) is 0 Å². The van der Waals surface area contributed by atoms with Gasteiger partial charge in [-0.05, 0) is 37.0 Å². The molecule has 6 heteroatoms. The van der Waals surface area contributed by atoms with Crippen molar-refractivity contribution in [2.24, 2.45) is 0 Å². The average molecular weight is 307 g/mol. The van der Waals surface area contributed by atoms with E-state index in [-0.39, 0.29) is 5.82 Å². The Morgan fingerprint density at radius 1 is 1.29 bits per heavy atom. The molecule has 110 valence electrons. The van der Waals surface area contributed by atoms with E-state index in [9.17, 15) is 4.39 Å². The largest absolute Gasteiger partial charge is 0.382 e. The molecule has 1 unspecified atom stereocenters. The van der Waals surface area contributed by atoms with Crippen LogP contribution in [-0.4, -0.2) is 22.6 Å². The minimum Gasteiger partial charge on any atom is -0.382 e. The van der Waals surface area contributed by atoms with Crippen LogP contribution in [0.5, 0.6) is 0 Å². The van der Waals surface area contributed by atoms with Gasteiger partial charge in [-0.2, -0.15) is 0 Å². The van der Waals surface area contributed by atoms with Gasteiger partial charge in [-0.3, -0.25) is 0 Å². The van der Waals surface area contributed by atoms with Crippen LogP contribution in [0.25, 0.3) is 0 Å². The van der Waals surface area contributed by atoms with Gasteiger partial charge in [0.25, 0.3) is 0 Å². The van der Waals surface area contributed by atoms with E-state index in [1.54, 1.807) is 0 Å². The zero-order chi connectivity index (χ0) is 14.8. The number of benzene rings is 1. The summed E-state index contributed by atoms with van der Waals surface area (Å²) in [5.41, 5.74) is 6.85. The molecule has 3 rings (SSSR count). The van der Waals surface area contributed by atoms with Gasteiger partial charge in [0.1, 0.15) is 23.0 Å². The molecular weight excluding hydrogens is 291 g/mol. The summed E-state index contributed by atoms with van der Waals surface area (Å²) in [6.45, 7) is 0.891. The minimum atomic E-state index is -0.214. The molecule has 1 fully saturated rings. The van der Waals surface area contributed by atoms with E-state index >= 15 is 0 Å². The Kier molecular flexibility index (Phi) is 3.92. The number of rotatable bonds is 3. The standard InChI is InChI=1S/C15H16ClFN4/c16-13-14(18)19-9-20-15(13)21-7-1-2-12(21)8-10-3-5-11(17)6-4-10/h3-6,9,12H,1-2,7-8H2,(H2,18,19,20). The van der Waals surface area contributed by atoms with Crippen LogP contribution in [0, 0.1) is 5.82 Å². The monoisotopic (exact) mass is 306 g/mol. The molecule has 2 heterocycles. The number of aromatic nitrogens is 2. The first-order valence-electron chi connectivity index (χ1n) is 6.92. The smallest absolute Gasteiger partial charge is 0.153 e. The van der Waals surface area contributed by atoms with Crippen LogP contribution in [0.2, 0.25) is 5.02 Å². The SMILES string of the molecule is Nc1ncnc(N2CCCC2Cc2ccc(F)cc2)c1Cl. The number of anilines is 2. The van der Waals surface area contributed by atoms with Crippen molar-refractivity contribution in [1.82, 2.24) is 9.97 Å². The van der Waals surface area contributed by atoms with Crippen molar-refractivity contribution < 1.29 is 4.39 Å². The summed E-state index contributed by atoms with van der Waals surface area (Å²) in [6, 6.07) is 6.92. The number of halogens is 2. The molecule has 1 aromatic carbocycles. The van der Waals surface area contributed by atoms with Gasteiger partial charge in [-0.25, -0.2) is 14.4 Å². The number of nitrogens with two attached hydrogens (primary N) is 1. The highest BCUT2D eigenvalue weighted by molar-refractivity contribution is 6.35. The number of nitrogens with zero attached hydrogens (tertiary/aromatic N) is 3. The first-order valence-corrected chi connectivity index (χ1v) is 7.30. The van der Waals surface area contributed by atoms with Crippen LogP contribution in [-0.2, 0) is 6.42 Å². The highest BCUT2D eigenvalue weighted by atomic mass is 35.5. The van der Waals surface area contributed by atoms with Crippen molar-refractivity contribution in [2.45, 2.75) is 25.3 Å². The van der Waals surface area contributed by atoms with Crippen molar-refractivity contribution in [2.75, 3.05) is 17.2 Å². The Morgan fingerprint density at radius 3 is 2.81 bits per heavy atom. The molecule has 4 nitrogen and oxygen atoms in total. The summed E-state index contributed by atoms with van der Waals surface area (Å²) in [5, 5.41) is 0.406. The van der Waals surface area contributed by atoms with Gasteiger partial charge in [0.2, 0.25) is 0 Å². The van der Waals surface area contributed by atoms with Gasteiger partial charge in [-0.1, -0.05) is 23.7 Å². The van der Waals surface area contributed by atoms with Crippen molar-refractivity contribution in [3.05, 3.63) is 47.0 Å². The summed E-state index contributed by atoms with van der Waals surface area (Å²) in [7, 11) is 0. The molecule has 2 aromatic rings. The maximum Gasteiger partial charge on any atom is 0.153 e. The third kappa shape index (κ3) is 2.93. The highest BCUT2D eigenvalue weighted by Gasteiger charge is 2.28. The van der Waals surface area contributed by atoms with E-state index in [0.717, 1.165) is 31.4 Å². The molecule has 0 spiro atoms. The fraction of sp³-hybridized carbons (Fsp3) is 0.333. The van der Waals surface area contributed by atoms with Crippen LogP contribution < -0.4 is 10.6 Å². The van der Waals surface area contributed by atoms with Crippen LogP contribution in [0.15, 0.2) is 30.6 Å². The van der Waals surface area contributed by atoms with Gasteiger partial charge in [0.15, 0.2) is 5.82 Å². The molecule has 1 aromatic heterocycles. The molecule has 0 bridgehead atoms. The lowest BCUT2D eigenvalue weighted by Gasteiger charge is -2.26. The van der Waals surface area contributed by atoms with E-state index in [1.165, 1.54) is 18.5 Å². The van der Waals surface area contributed by atoms with Crippen molar-refractivity contribution >= 4 is 23.2 Å². The van der Waals surface area contributed by atoms with Crippen molar-refractivity contribution in [3.63, 3.8) is 0 Å². The third-order valence-electron chi connectivity index (χ3n) is 3.83. The maximum absolute atomic E-state index is 13.0. The fourth-order valence-electron chi connectivity index (χ4n) is 2.79. The molecule has 21 heavy (non-hydrogen) atoms. The molecule has 0 amide bonds. The lowest BCUT2D eigenvalue weighted by molar-refractivity contribution is 0.623. The molecule has 1 saturated heterocycles. The lowest BCUT2D eigenvalue weighted by atomic mass is 10.0. The van der Waals surface area contributed by atoms with E-state index in [2.05, 4.69) is 14.9 Å². The first kappa shape index (κ1) is 14.1. The molecule has 1 atom stereocenters. The van der Waals surface area contributed by atoms with Crippen molar-refractivity contribution in [1.29, 1.82) is 0 Å². The number of nitrogen functional groups attached to an aromatic ring is 1. The summed E-state index contributed by atoms with van der Waals surface area (Å²) in [4.78, 5) is 10.3. The Bertz CT molecular complexity index is 632. The first-order chi connectivity index (χ1) is 10.1. The van der Waals surface area contributed by atoms with E-state index in [1.807, 2.05) is 12.1 Å². The maximum atomic E-state index is 13.0. The zero-order valence-corrected chi connectivity index (χ0v) is 12.2. The molecule has 0 saturated carbocycles. The fourth-order valence-corrected chi connectivity index (χ4v) is 3.00. The molecule has 0 radical (unpaired) electrons. The average Bonchev–Trinajstić information content (AvgIpc) is 2.92. The van der Waals surface area contributed by atoms with Crippen molar-refractivity contribution in [3.8, 4) is 0 Å². The van der Waals surface area contributed by atoms with Crippen LogP contribution in [0.4, 0.5) is 16.0 Å². The zero-order valence-electron chi connectivity index (χ0n) is 11.5. The van der Waals surface area contributed by atoms with Crippen LogP contribution >= 0.6 is 11.6 Å². The molecule has 0 aliphatic carbocycles. The Labute approximate surface area is 127 Å². The van der Waals surface area contributed by atoms with Gasteiger partial charge in [0, 0.05) is 12.6 Å². The second-order valence-electron chi connectivity index (χ2n) is 5.22. The minimum absolute atomic E-state index is 0.214. The summed E-state index contributed by atoms with van der Waals surface area (Å²) in [5.74, 6) is 0.775. The molecule has 1 aliphatic rings. The molecule has 2 N–H and O–H groups in total. The highest BCUT2D eigenvalue weighted by Crippen LogP contribution is 2.33. The van der Waals surface area contributed by atoms with Gasteiger partial charge in [-0.15, -0.1) is 0 Å². The summed E-state index contributed by atoms with van der Waals surface area (Å²) < 4.78 is 13.0. The number of hydrogen-bond acceptors (Lipinski definition) is 4. The molecule has 1 aliphatic heterocycles. The molecular formula is C15H16ClFN4. The van der Waals surface area contributed by atoms with Gasteiger partial charge in [0.05, 0.1) is 0 Å². The van der Waals surface area contributed by atoms with E-state index < -0.39 is 0 Å². The predicted octanol–water partition coefficient (Wildman–Crippen LogP) is 3.06. The number of hydrogen-bond donors (Lipinski definition) is 1. The van der Waals surface area contributed by atoms with Gasteiger partial charge < -0.3 is 10.6 Å². The van der Waals surface area contributed by atoms with E-state index in [4.69, 9.17) is 17.3 Å². The topological polar surface area (TPSA) is 55.0 Å². The van der Waals surface area contributed by atoms with E-state index in [0.29, 0.717) is 22.7 Å². The third-order valence-corrected chi connectivity index (χ3v) is 4.19.